The largest absolute Gasteiger partial charge is 0.471 e. The van der Waals surface area contributed by atoms with Crippen molar-refractivity contribution in [2.24, 2.45) is 0 Å². The highest BCUT2D eigenvalue weighted by Crippen LogP contribution is 2.33. The number of carbonyl (C=O) groups is 1. The number of alkyl halides is 6. The molecule has 0 radical (unpaired) electrons. The van der Waals surface area contributed by atoms with E-state index in [0.29, 0.717) is 0 Å². The average molecular weight is 235 g/mol. The Hall–Kier alpha value is -0.950. The molecule has 0 spiro atoms. The summed E-state index contributed by atoms with van der Waals surface area (Å²) in [5.41, 5.74) is 0. The summed E-state index contributed by atoms with van der Waals surface area (Å²) in [5.74, 6) is -2.41. The molecule has 15 heavy (non-hydrogen) atoms. The van der Waals surface area contributed by atoms with Crippen molar-refractivity contribution in [2.45, 2.75) is 31.2 Å². The summed E-state index contributed by atoms with van der Waals surface area (Å²) < 4.78 is 71.4. The third-order valence-corrected chi connectivity index (χ3v) is 1.84. The van der Waals surface area contributed by atoms with Crippen LogP contribution in [0, 0.1) is 0 Å². The number of halogens is 6. The van der Waals surface area contributed by atoms with Gasteiger partial charge in [0.2, 0.25) is 0 Å². The number of hydrogen-bond acceptors (Lipinski definition) is 1. The molecule has 0 atom stereocenters. The van der Waals surface area contributed by atoms with Crippen molar-refractivity contribution in [1.29, 1.82) is 0 Å². The predicted molar refractivity (Wildman–Crippen MR) is 36.8 cm³/mol. The lowest BCUT2D eigenvalue weighted by molar-refractivity contribution is -0.199. The van der Waals surface area contributed by atoms with Gasteiger partial charge in [-0.05, 0) is 12.8 Å². The van der Waals surface area contributed by atoms with Crippen LogP contribution in [0.2, 0.25) is 0 Å². The summed E-state index contributed by atoms with van der Waals surface area (Å²) in [6.45, 7) is -1.84. The van der Waals surface area contributed by atoms with Gasteiger partial charge in [-0.15, -0.1) is 0 Å². The van der Waals surface area contributed by atoms with E-state index in [9.17, 15) is 31.1 Å². The molecule has 2 nitrogen and oxygen atoms in total. The molecule has 0 aromatic carbocycles. The van der Waals surface area contributed by atoms with E-state index in [-0.39, 0.29) is 17.7 Å². The monoisotopic (exact) mass is 235 g/mol. The normalized spacial score (nSPS) is 17.7. The van der Waals surface area contributed by atoms with Gasteiger partial charge in [-0.3, -0.25) is 4.79 Å². The maximum absolute atomic E-state index is 11.9. The molecule has 1 rings (SSSR count). The number of nitrogens with zero attached hydrogens (tertiary/aromatic N) is 1. The van der Waals surface area contributed by atoms with Gasteiger partial charge in [0.25, 0.3) is 0 Å². The second-order valence-electron chi connectivity index (χ2n) is 3.28. The second kappa shape index (κ2) is 3.57. The van der Waals surface area contributed by atoms with E-state index in [0.717, 1.165) is 0 Å². The first-order chi connectivity index (χ1) is 6.61. The zero-order chi connectivity index (χ0) is 11.9. The maximum atomic E-state index is 11.9. The molecule has 88 valence electrons. The van der Waals surface area contributed by atoms with Gasteiger partial charge in [-0.2, -0.15) is 26.3 Å². The Bertz CT molecular complexity index is 253. The van der Waals surface area contributed by atoms with Crippen molar-refractivity contribution in [2.75, 3.05) is 6.54 Å². The van der Waals surface area contributed by atoms with Gasteiger partial charge in [0.15, 0.2) is 0 Å². The van der Waals surface area contributed by atoms with E-state index < -0.39 is 30.8 Å². The third-order valence-electron chi connectivity index (χ3n) is 1.84. The van der Waals surface area contributed by atoms with E-state index in [1.807, 2.05) is 0 Å². The Morgan fingerprint density at radius 3 is 1.87 bits per heavy atom. The Kier molecular flexibility index (Phi) is 2.88. The van der Waals surface area contributed by atoms with Crippen molar-refractivity contribution in [1.82, 2.24) is 4.90 Å². The van der Waals surface area contributed by atoms with Crippen LogP contribution in [0.25, 0.3) is 0 Å². The van der Waals surface area contributed by atoms with E-state index in [2.05, 4.69) is 0 Å². The van der Waals surface area contributed by atoms with Gasteiger partial charge in [-0.1, -0.05) is 0 Å². The molecule has 0 unspecified atom stereocenters. The average Bonchev–Trinajstić information content (AvgIpc) is 2.77. The number of amides is 1. The molecule has 1 amide bonds. The number of hydrogen-bond donors (Lipinski definition) is 0. The van der Waals surface area contributed by atoms with Crippen molar-refractivity contribution in [3.63, 3.8) is 0 Å². The van der Waals surface area contributed by atoms with Gasteiger partial charge in [-0.25, -0.2) is 0 Å². The van der Waals surface area contributed by atoms with Crippen LogP contribution in [0.15, 0.2) is 0 Å². The van der Waals surface area contributed by atoms with E-state index in [4.69, 9.17) is 0 Å². The van der Waals surface area contributed by atoms with Gasteiger partial charge < -0.3 is 4.90 Å². The summed E-state index contributed by atoms with van der Waals surface area (Å²) in [4.78, 5) is 10.5. The van der Waals surface area contributed by atoms with Gasteiger partial charge in [0.05, 0.1) is 0 Å². The lowest BCUT2D eigenvalue weighted by Gasteiger charge is -2.24. The first-order valence-electron chi connectivity index (χ1n) is 4.06. The van der Waals surface area contributed by atoms with Gasteiger partial charge in [0, 0.05) is 6.04 Å². The highest BCUT2D eigenvalue weighted by molar-refractivity contribution is 5.82. The molecular formula is C7H7F6NO. The van der Waals surface area contributed by atoms with Crippen molar-refractivity contribution in [3.8, 4) is 0 Å². The van der Waals surface area contributed by atoms with Crippen molar-refractivity contribution in [3.05, 3.63) is 0 Å². The highest BCUT2D eigenvalue weighted by atomic mass is 19.4. The Labute approximate surface area is 80.8 Å². The minimum Gasteiger partial charge on any atom is -0.323 e. The molecule has 1 saturated carbocycles. The van der Waals surface area contributed by atoms with E-state index >= 15 is 0 Å². The van der Waals surface area contributed by atoms with Gasteiger partial charge in [0.1, 0.15) is 6.54 Å². The summed E-state index contributed by atoms with van der Waals surface area (Å²) >= 11 is 0. The molecule has 0 saturated heterocycles. The maximum Gasteiger partial charge on any atom is 0.471 e. The van der Waals surface area contributed by atoms with E-state index in [1.54, 1.807) is 0 Å². The highest BCUT2D eigenvalue weighted by Gasteiger charge is 2.50. The van der Waals surface area contributed by atoms with Crippen molar-refractivity contribution >= 4 is 5.91 Å². The first-order valence-corrected chi connectivity index (χ1v) is 4.06. The van der Waals surface area contributed by atoms with Crippen LogP contribution >= 0.6 is 0 Å². The van der Waals surface area contributed by atoms with Crippen LogP contribution < -0.4 is 0 Å². The van der Waals surface area contributed by atoms with Crippen LogP contribution in [0.5, 0.6) is 0 Å². The van der Waals surface area contributed by atoms with Crippen LogP contribution in [0.3, 0.4) is 0 Å². The Morgan fingerprint density at radius 1 is 1.13 bits per heavy atom. The van der Waals surface area contributed by atoms with Gasteiger partial charge >= 0.3 is 18.3 Å². The standard InChI is InChI=1S/C7H7F6NO/c8-6(9,10)3-14(4-1-2-4)5(15)7(11,12)13/h4H,1-3H2. The minimum atomic E-state index is -5.24. The molecule has 0 N–H and O–H groups in total. The summed E-state index contributed by atoms with van der Waals surface area (Å²) in [7, 11) is 0. The zero-order valence-corrected chi connectivity index (χ0v) is 7.32. The second-order valence-corrected chi connectivity index (χ2v) is 3.28. The topological polar surface area (TPSA) is 20.3 Å². The quantitative estimate of drug-likeness (QED) is 0.671. The molecule has 1 aliphatic carbocycles. The predicted octanol–water partition coefficient (Wildman–Crippen LogP) is 2.10. The van der Waals surface area contributed by atoms with Crippen LogP contribution in [-0.2, 0) is 4.79 Å². The molecule has 1 aliphatic rings. The summed E-state index contributed by atoms with van der Waals surface area (Å²) in [6.07, 6.45) is -9.66. The van der Waals surface area contributed by atoms with Crippen LogP contribution in [0.4, 0.5) is 26.3 Å². The Morgan fingerprint density at radius 2 is 1.60 bits per heavy atom. The van der Waals surface area contributed by atoms with Crippen LogP contribution in [0.1, 0.15) is 12.8 Å². The lowest BCUT2D eigenvalue weighted by Crippen LogP contribution is -2.46. The number of rotatable bonds is 2. The fourth-order valence-electron chi connectivity index (χ4n) is 1.11. The molecular weight excluding hydrogens is 228 g/mol. The molecule has 0 aromatic heterocycles. The fraction of sp³-hybridized carbons (Fsp3) is 0.857. The smallest absolute Gasteiger partial charge is 0.323 e. The summed E-state index contributed by atoms with van der Waals surface area (Å²) in [5, 5.41) is 0. The number of carbonyl (C=O) groups excluding carboxylic acids is 1. The molecule has 0 aliphatic heterocycles. The lowest BCUT2D eigenvalue weighted by atomic mass is 10.4. The fourth-order valence-corrected chi connectivity index (χ4v) is 1.11. The SMILES string of the molecule is O=C(N(CC(F)(F)F)C1CC1)C(F)(F)F. The third kappa shape index (κ3) is 3.60. The van der Waals surface area contributed by atoms with Crippen molar-refractivity contribution < 1.29 is 31.1 Å². The molecule has 1 fully saturated rings. The zero-order valence-electron chi connectivity index (χ0n) is 7.32. The molecule has 0 aromatic rings. The first kappa shape index (κ1) is 12.1. The molecule has 8 heteroatoms. The Balaban J connectivity index is 2.71. The van der Waals surface area contributed by atoms with E-state index in [1.165, 1.54) is 0 Å². The van der Waals surface area contributed by atoms with Crippen LogP contribution in [-0.4, -0.2) is 35.7 Å². The molecule has 0 bridgehead atoms. The minimum absolute atomic E-state index is 0.153. The summed E-state index contributed by atoms with van der Waals surface area (Å²) in [6, 6.07) is -0.916. The molecule has 0 heterocycles.